The monoisotopic (exact) mass is 249 g/mol. The predicted molar refractivity (Wildman–Crippen MR) is 75.7 cm³/mol. The van der Waals surface area contributed by atoms with Crippen molar-refractivity contribution < 1.29 is 0 Å². The molecular weight excluding hydrogens is 230 g/mol. The predicted octanol–water partition coefficient (Wildman–Crippen LogP) is 3.80. The summed E-state index contributed by atoms with van der Waals surface area (Å²) in [4.78, 5) is 0. The van der Waals surface area contributed by atoms with E-state index in [-0.39, 0.29) is 0 Å². The van der Waals surface area contributed by atoms with Crippen molar-refractivity contribution in [2.24, 2.45) is 0 Å². The molecule has 1 N–H and O–H groups in total. The molecule has 92 valence electrons. The van der Waals surface area contributed by atoms with Gasteiger partial charge in [0.25, 0.3) is 0 Å². The van der Waals surface area contributed by atoms with Crippen molar-refractivity contribution in [3.8, 4) is 0 Å². The van der Waals surface area contributed by atoms with Crippen LogP contribution >= 0.6 is 11.6 Å². The minimum Gasteiger partial charge on any atom is -0.317 e. The van der Waals surface area contributed by atoms with E-state index in [2.05, 4.69) is 41.7 Å². The summed E-state index contributed by atoms with van der Waals surface area (Å²) in [6.07, 6.45) is 7.75. The Balaban J connectivity index is 1.97. The molecule has 1 nitrogen and oxygen atoms in total. The van der Waals surface area contributed by atoms with E-state index in [0.29, 0.717) is 5.88 Å². The number of piperidine rings is 1. The summed E-state index contributed by atoms with van der Waals surface area (Å²) in [6, 6.07) is 8.97. The fourth-order valence-electron chi connectivity index (χ4n) is 2.32. The molecule has 0 amide bonds. The summed E-state index contributed by atoms with van der Waals surface area (Å²) in [6.45, 7) is 2.31. The Hall–Kier alpha value is -0.790. The van der Waals surface area contributed by atoms with Crippen LogP contribution in [-0.2, 0) is 0 Å². The zero-order valence-electron chi connectivity index (χ0n) is 10.2. The lowest BCUT2D eigenvalue weighted by molar-refractivity contribution is 0.460. The van der Waals surface area contributed by atoms with E-state index in [1.165, 1.54) is 24.0 Å². The minimum atomic E-state index is 0.698. The molecule has 1 fully saturated rings. The SMILES string of the molecule is ClCCC=Cc1ccc(C2CCNCC2)cc1. The third-order valence-corrected chi connectivity index (χ3v) is 3.55. The van der Waals surface area contributed by atoms with Gasteiger partial charge in [-0.15, -0.1) is 11.6 Å². The van der Waals surface area contributed by atoms with Gasteiger partial charge in [-0.1, -0.05) is 36.4 Å². The van der Waals surface area contributed by atoms with Crippen LogP contribution in [0.1, 0.15) is 36.3 Å². The quantitative estimate of drug-likeness (QED) is 0.801. The number of hydrogen-bond acceptors (Lipinski definition) is 1. The maximum atomic E-state index is 5.64. The number of nitrogens with one attached hydrogen (secondary N) is 1. The van der Waals surface area contributed by atoms with Crippen LogP contribution in [0.25, 0.3) is 6.08 Å². The summed E-state index contributed by atoms with van der Waals surface area (Å²) in [5.41, 5.74) is 2.76. The molecule has 0 radical (unpaired) electrons. The first-order valence-electron chi connectivity index (χ1n) is 6.43. The van der Waals surface area contributed by atoms with Crippen LogP contribution in [0, 0.1) is 0 Å². The van der Waals surface area contributed by atoms with Gasteiger partial charge in [0.2, 0.25) is 0 Å². The van der Waals surface area contributed by atoms with Crippen molar-refractivity contribution >= 4 is 17.7 Å². The average molecular weight is 250 g/mol. The summed E-state index contributed by atoms with van der Waals surface area (Å²) in [7, 11) is 0. The minimum absolute atomic E-state index is 0.698. The van der Waals surface area contributed by atoms with E-state index in [9.17, 15) is 0 Å². The zero-order chi connectivity index (χ0) is 11.9. The largest absolute Gasteiger partial charge is 0.317 e. The fourth-order valence-corrected chi connectivity index (χ4v) is 2.44. The lowest BCUT2D eigenvalue weighted by Gasteiger charge is -2.22. The first-order chi connectivity index (χ1) is 8.40. The van der Waals surface area contributed by atoms with E-state index in [1.807, 2.05) is 0 Å². The highest BCUT2D eigenvalue weighted by atomic mass is 35.5. The van der Waals surface area contributed by atoms with Crippen molar-refractivity contribution in [3.63, 3.8) is 0 Å². The standard InChI is InChI=1S/C15H20ClN/c16-10-2-1-3-13-4-6-14(7-5-13)15-8-11-17-12-9-15/h1,3-7,15,17H,2,8-12H2. The molecule has 0 unspecified atom stereocenters. The molecule has 1 aromatic carbocycles. The molecular formula is C15H20ClN. The van der Waals surface area contributed by atoms with E-state index in [1.54, 1.807) is 0 Å². The Kier molecular flexibility index (Phi) is 5.08. The molecule has 1 aliphatic heterocycles. The van der Waals surface area contributed by atoms with E-state index < -0.39 is 0 Å². The van der Waals surface area contributed by atoms with Gasteiger partial charge in [-0.2, -0.15) is 0 Å². The van der Waals surface area contributed by atoms with Crippen LogP contribution < -0.4 is 5.32 Å². The van der Waals surface area contributed by atoms with Gasteiger partial charge in [-0.05, 0) is 49.4 Å². The third kappa shape index (κ3) is 3.86. The molecule has 0 bridgehead atoms. The normalized spacial score (nSPS) is 17.7. The molecule has 0 aliphatic carbocycles. The molecule has 1 aromatic rings. The summed E-state index contributed by atoms with van der Waals surface area (Å²) >= 11 is 5.64. The fraction of sp³-hybridized carbons (Fsp3) is 0.467. The number of allylic oxidation sites excluding steroid dienone is 1. The van der Waals surface area contributed by atoms with Crippen LogP contribution in [0.5, 0.6) is 0 Å². The highest BCUT2D eigenvalue weighted by Gasteiger charge is 2.14. The second-order valence-corrected chi connectivity index (χ2v) is 4.95. The lowest BCUT2D eigenvalue weighted by atomic mass is 9.90. The van der Waals surface area contributed by atoms with Gasteiger partial charge in [-0.3, -0.25) is 0 Å². The number of alkyl halides is 1. The van der Waals surface area contributed by atoms with Gasteiger partial charge >= 0.3 is 0 Å². The molecule has 1 heterocycles. The van der Waals surface area contributed by atoms with Crippen molar-refractivity contribution in [1.82, 2.24) is 5.32 Å². The number of rotatable bonds is 4. The topological polar surface area (TPSA) is 12.0 Å². The Morgan fingerprint density at radius 1 is 1.18 bits per heavy atom. The van der Waals surface area contributed by atoms with E-state index >= 15 is 0 Å². The second-order valence-electron chi connectivity index (χ2n) is 4.57. The molecule has 0 saturated carbocycles. The van der Waals surface area contributed by atoms with E-state index in [0.717, 1.165) is 25.4 Å². The summed E-state index contributed by atoms with van der Waals surface area (Å²) in [5, 5.41) is 3.41. The Morgan fingerprint density at radius 2 is 1.88 bits per heavy atom. The molecule has 0 atom stereocenters. The second kappa shape index (κ2) is 6.83. The molecule has 0 spiro atoms. The maximum absolute atomic E-state index is 5.64. The van der Waals surface area contributed by atoms with E-state index in [4.69, 9.17) is 11.6 Å². The number of hydrogen-bond donors (Lipinski definition) is 1. The first-order valence-corrected chi connectivity index (χ1v) is 6.97. The summed E-state index contributed by atoms with van der Waals surface area (Å²) < 4.78 is 0. The number of halogens is 1. The third-order valence-electron chi connectivity index (χ3n) is 3.33. The van der Waals surface area contributed by atoms with Crippen LogP contribution in [0.15, 0.2) is 30.3 Å². The molecule has 2 heteroatoms. The van der Waals surface area contributed by atoms with Crippen molar-refractivity contribution in [1.29, 1.82) is 0 Å². The van der Waals surface area contributed by atoms with Gasteiger partial charge in [0, 0.05) is 5.88 Å². The van der Waals surface area contributed by atoms with Crippen LogP contribution in [0.2, 0.25) is 0 Å². The van der Waals surface area contributed by atoms with Gasteiger partial charge < -0.3 is 5.32 Å². The zero-order valence-corrected chi connectivity index (χ0v) is 10.9. The highest BCUT2D eigenvalue weighted by molar-refractivity contribution is 6.17. The van der Waals surface area contributed by atoms with Gasteiger partial charge in [0.05, 0.1) is 0 Å². The van der Waals surface area contributed by atoms with Gasteiger partial charge in [0.1, 0.15) is 0 Å². The van der Waals surface area contributed by atoms with Crippen molar-refractivity contribution in [2.45, 2.75) is 25.2 Å². The molecule has 17 heavy (non-hydrogen) atoms. The average Bonchev–Trinajstić information content (AvgIpc) is 2.41. The number of benzene rings is 1. The van der Waals surface area contributed by atoms with Crippen molar-refractivity contribution in [3.05, 3.63) is 41.5 Å². The Labute approximate surface area is 109 Å². The first kappa shape index (κ1) is 12.7. The lowest BCUT2D eigenvalue weighted by Crippen LogP contribution is -2.26. The molecule has 0 aromatic heterocycles. The smallest absolute Gasteiger partial charge is 0.0258 e. The van der Waals surface area contributed by atoms with Gasteiger partial charge in [0.15, 0.2) is 0 Å². The molecule has 1 saturated heterocycles. The molecule has 1 aliphatic rings. The highest BCUT2D eigenvalue weighted by Crippen LogP contribution is 2.25. The molecule has 2 rings (SSSR count). The maximum Gasteiger partial charge on any atom is 0.0258 e. The van der Waals surface area contributed by atoms with Crippen LogP contribution in [0.3, 0.4) is 0 Å². The van der Waals surface area contributed by atoms with Gasteiger partial charge in [-0.25, -0.2) is 0 Å². The summed E-state index contributed by atoms with van der Waals surface area (Å²) in [5.74, 6) is 1.45. The Morgan fingerprint density at radius 3 is 2.53 bits per heavy atom. The Bertz CT molecular complexity index is 350. The van der Waals surface area contributed by atoms with Crippen LogP contribution in [0.4, 0.5) is 0 Å². The van der Waals surface area contributed by atoms with Crippen molar-refractivity contribution in [2.75, 3.05) is 19.0 Å². The van der Waals surface area contributed by atoms with Crippen LogP contribution in [-0.4, -0.2) is 19.0 Å².